The number of carbonyl (C=O) groups excluding carboxylic acids is 2. The molecule has 0 spiro atoms. The summed E-state index contributed by atoms with van der Waals surface area (Å²) in [5, 5.41) is 4.54. The zero-order valence-corrected chi connectivity index (χ0v) is 19.4. The molecule has 0 bridgehead atoms. The van der Waals surface area contributed by atoms with Crippen LogP contribution in [0.15, 0.2) is 32.2 Å². The molecule has 1 amide bonds. The minimum Gasteiger partial charge on any atom is -0.467 e. The molecule has 1 N–H and O–H groups in total. The van der Waals surface area contributed by atoms with Gasteiger partial charge in [0.2, 0.25) is 0 Å². The molecular weight excluding hydrogens is 436 g/mol. The van der Waals surface area contributed by atoms with Gasteiger partial charge in [-0.2, -0.15) is 4.98 Å². The predicted molar refractivity (Wildman–Crippen MR) is 121 cm³/mol. The third-order valence-electron chi connectivity index (χ3n) is 4.48. The lowest BCUT2D eigenvalue weighted by molar-refractivity contribution is -0.141. The first-order valence-corrected chi connectivity index (χ1v) is 10.7. The lowest BCUT2D eigenvalue weighted by atomic mass is 10.1. The van der Waals surface area contributed by atoms with Gasteiger partial charge in [0.15, 0.2) is 0 Å². The monoisotopic (exact) mass is 460 g/mol. The molecule has 1 aromatic carbocycles. The van der Waals surface area contributed by atoms with Crippen LogP contribution >= 0.6 is 11.3 Å². The quantitative estimate of drug-likeness (QED) is 0.563. The maximum atomic E-state index is 12.9. The molecule has 0 saturated heterocycles. The van der Waals surface area contributed by atoms with Gasteiger partial charge in [-0.15, -0.1) is 11.3 Å². The summed E-state index contributed by atoms with van der Waals surface area (Å²) < 4.78 is 15.6. The minimum absolute atomic E-state index is 0.0986. The second kappa shape index (κ2) is 8.95. The van der Waals surface area contributed by atoms with Crippen LogP contribution in [0.1, 0.15) is 33.3 Å². The van der Waals surface area contributed by atoms with Gasteiger partial charge in [0.1, 0.15) is 17.5 Å². The van der Waals surface area contributed by atoms with E-state index in [1.807, 2.05) is 0 Å². The molecule has 2 heterocycles. The van der Waals surface area contributed by atoms with Gasteiger partial charge in [0.25, 0.3) is 0 Å². The number of thiazole rings is 1. The van der Waals surface area contributed by atoms with Crippen LogP contribution in [0.3, 0.4) is 0 Å². The summed E-state index contributed by atoms with van der Waals surface area (Å²) in [5.74, 6) is -0.154. The van der Waals surface area contributed by atoms with Gasteiger partial charge in [-0.3, -0.25) is 10.2 Å². The van der Waals surface area contributed by atoms with Crippen LogP contribution in [-0.2, 0) is 14.3 Å². The summed E-state index contributed by atoms with van der Waals surface area (Å²) in [5.41, 5.74) is 1.45. The van der Waals surface area contributed by atoms with Crippen LogP contribution in [0.2, 0.25) is 0 Å². The van der Waals surface area contributed by atoms with Crippen LogP contribution in [0.4, 0.5) is 22.3 Å². The normalized spacial score (nSPS) is 12.3. The summed E-state index contributed by atoms with van der Waals surface area (Å²) in [6.07, 6.45) is -0.643. The van der Waals surface area contributed by atoms with Gasteiger partial charge in [0, 0.05) is 11.1 Å². The lowest BCUT2D eigenvalue weighted by Gasteiger charge is -2.24. The smallest absolute Gasteiger partial charge is 0.412 e. The van der Waals surface area contributed by atoms with Crippen molar-refractivity contribution in [2.24, 2.45) is 0 Å². The van der Waals surface area contributed by atoms with Gasteiger partial charge in [-0.1, -0.05) is 0 Å². The number of nitrogens with zero attached hydrogens (tertiary/aromatic N) is 3. The van der Waals surface area contributed by atoms with Crippen molar-refractivity contribution in [2.45, 2.75) is 46.3 Å². The number of anilines is 3. The van der Waals surface area contributed by atoms with E-state index in [1.54, 1.807) is 57.6 Å². The zero-order chi connectivity index (χ0) is 23.6. The first-order chi connectivity index (χ1) is 15.0. The molecule has 0 saturated carbocycles. The number of hydrogen-bond acceptors (Lipinski definition) is 10. The summed E-state index contributed by atoms with van der Waals surface area (Å²) in [6.45, 7) is 8.52. The number of nitrogens with one attached hydrogen (secondary N) is 1. The molecule has 0 aliphatic heterocycles. The van der Waals surface area contributed by atoms with Crippen LogP contribution in [-0.4, -0.2) is 40.8 Å². The number of rotatable bonds is 5. The summed E-state index contributed by atoms with van der Waals surface area (Å²) in [7, 11) is 1.27. The van der Waals surface area contributed by atoms with E-state index in [9.17, 15) is 14.4 Å². The number of carbonyl (C=O) groups is 2. The van der Waals surface area contributed by atoms with E-state index < -0.39 is 29.3 Å². The number of aryl methyl sites for hydroxylation is 1. The molecule has 3 aromatic rings. The number of esters is 1. The summed E-state index contributed by atoms with van der Waals surface area (Å²) in [6, 6.07) is 2.26. The molecule has 10 nitrogen and oxygen atoms in total. The average Bonchev–Trinajstić information content (AvgIpc) is 3.22. The average molecular weight is 461 g/mol. The number of fused-ring (bicyclic) bond motifs is 1. The highest BCUT2D eigenvalue weighted by Crippen LogP contribution is 2.29. The maximum absolute atomic E-state index is 12.9. The van der Waals surface area contributed by atoms with Crippen molar-refractivity contribution in [2.75, 3.05) is 17.3 Å². The first kappa shape index (κ1) is 23.2. The number of ether oxygens (including phenoxy) is 2. The van der Waals surface area contributed by atoms with E-state index in [4.69, 9.17) is 13.9 Å². The van der Waals surface area contributed by atoms with Crippen molar-refractivity contribution < 1.29 is 23.5 Å². The molecule has 1 atom stereocenters. The number of methoxy groups -OCH3 is 1. The highest BCUT2D eigenvalue weighted by Gasteiger charge is 2.29. The molecule has 11 heteroatoms. The highest BCUT2D eigenvalue weighted by molar-refractivity contribution is 7.07. The Morgan fingerprint density at radius 2 is 2.00 bits per heavy atom. The van der Waals surface area contributed by atoms with Crippen molar-refractivity contribution in [1.82, 2.24) is 9.97 Å². The van der Waals surface area contributed by atoms with Crippen LogP contribution in [0, 0.1) is 6.92 Å². The summed E-state index contributed by atoms with van der Waals surface area (Å²) >= 11 is 1.32. The van der Waals surface area contributed by atoms with E-state index in [2.05, 4.69) is 15.3 Å². The SMILES string of the molecule is COC(=O)[C@H](C)N(c1cscn1)c1nc2ccc(NC(=O)OC(C)(C)C)c(C)c2c(=O)o1. The van der Waals surface area contributed by atoms with Crippen LogP contribution in [0.5, 0.6) is 0 Å². The largest absolute Gasteiger partial charge is 0.467 e. The van der Waals surface area contributed by atoms with E-state index >= 15 is 0 Å². The van der Waals surface area contributed by atoms with Gasteiger partial charge < -0.3 is 13.9 Å². The van der Waals surface area contributed by atoms with Crippen molar-refractivity contribution in [3.8, 4) is 0 Å². The molecule has 32 heavy (non-hydrogen) atoms. The third kappa shape index (κ3) is 4.88. The number of aromatic nitrogens is 2. The molecule has 3 rings (SSSR count). The Morgan fingerprint density at radius 1 is 1.28 bits per heavy atom. The molecule has 0 fully saturated rings. The predicted octanol–water partition coefficient (Wildman–Crippen LogP) is 4.00. The minimum atomic E-state index is -0.843. The Hall–Kier alpha value is -3.47. The van der Waals surface area contributed by atoms with Gasteiger partial charge in [0.05, 0.1) is 23.5 Å². The zero-order valence-electron chi connectivity index (χ0n) is 18.6. The van der Waals surface area contributed by atoms with Crippen molar-refractivity contribution in [3.05, 3.63) is 39.0 Å². The van der Waals surface area contributed by atoms with Crippen LogP contribution < -0.4 is 15.8 Å². The third-order valence-corrected chi connectivity index (χ3v) is 5.06. The van der Waals surface area contributed by atoms with E-state index in [1.165, 1.54) is 23.3 Å². The molecule has 170 valence electrons. The Bertz CT molecular complexity index is 1200. The van der Waals surface area contributed by atoms with Gasteiger partial charge in [-0.25, -0.2) is 19.4 Å². The lowest BCUT2D eigenvalue weighted by Crippen LogP contribution is -2.37. The van der Waals surface area contributed by atoms with E-state index in [0.29, 0.717) is 22.6 Å². The second-order valence-electron chi connectivity index (χ2n) is 7.96. The fourth-order valence-electron chi connectivity index (χ4n) is 3.02. The van der Waals surface area contributed by atoms with Crippen LogP contribution in [0.25, 0.3) is 10.9 Å². The fourth-order valence-corrected chi connectivity index (χ4v) is 3.55. The highest BCUT2D eigenvalue weighted by atomic mass is 32.1. The number of amides is 1. The maximum Gasteiger partial charge on any atom is 0.412 e. The van der Waals surface area contributed by atoms with Crippen molar-refractivity contribution >= 4 is 51.8 Å². The number of hydrogen-bond donors (Lipinski definition) is 1. The van der Waals surface area contributed by atoms with Crippen molar-refractivity contribution in [1.29, 1.82) is 0 Å². The Morgan fingerprint density at radius 3 is 2.59 bits per heavy atom. The summed E-state index contributed by atoms with van der Waals surface area (Å²) in [4.78, 5) is 47.3. The van der Waals surface area contributed by atoms with Crippen molar-refractivity contribution in [3.63, 3.8) is 0 Å². The first-order valence-electron chi connectivity index (χ1n) is 9.71. The fraction of sp³-hybridized carbons (Fsp3) is 0.381. The van der Waals surface area contributed by atoms with E-state index in [-0.39, 0.29) is 11.4 Å². The Labute approximate surface area is 188 Å². The molecular formula is C21H24N4O6S. The molecule has 0 unspecified atom stereocenters. The molecule has 0 radical (unpaired) electrons. The van der Waals surface area contributed by atoms with Gasteiger partial charge in [-0.05, 0) is 52.3 Å². The van der Waals surface area contributed by atoms with E-state index in [0.717, 1.165) is 0 Å². The second-order valence-corrected chi connectivity index (χ2v) is 8.68. The molecule has 2 aromatic heterocycles. The molecule has 0 aliphatic rings. The standard InChI is InChI=1S/C21H24N4O6S/c1-11-13(24-20(28)31-21(3,4)5)7-8-14-16(11)18(27)30-19(23-14)25(12(2)17(26)29-6)15-9-32-10-22-15/h7-10,12H,1-6H3,(H,24,28)/t12-/m0/s1. The Kier molecular flexibility index (Phi) is 6.49. The van der Waals surface area contributed by atoms with Gasteiger partial charge >= 0.3 is 23.7 Å². The topological polar surface area (TPSA) is 124 Å². The number of benzene rings is 1. The molecule has 0 aliphatic carbocycles. The Balaban J connectivity index is 2.05.